The summed E-state index contributed by atoms with van der Waals surface area (Å²) in [4.78, 5) is 0. The zero-order valence-corrected chi connectivity index (χ0v) is 5.70. The molecule has 0 aromatic heterocycles. The second-order valence-electron chi connectivity index (χ2n) is 2.23. The topological polar surface area (TPSA) is 0 Å². The van der Waals surface area contributed by atoms with E-state index in [1.807, 2.05) is 0 Å². The van der Waals surface area contributed by atoms with Gasteiger partial charge in [-0.25, -0.2) is 8.78 Å². The van der Waals surface area contributed by atoms with Crippen molar-refractivity contribution < 1.29 is 8.78 Å². The van der Waals surface area contributed by atoms with Gasteiger partial charge in [0.1, 0.15) is 12.5 Å². The average molecular weight is 142 g/mol. The number of benzene rings is 1. The minimum Gasteiger partial charge on any atom is -0.246 e. The van der Waals surface area contributed by atoms with Crippen molar-refractivity contribution >= 4 is 0 Å². The fraction of sp³-hybridized carbons (Fsp3) is 0.250. The SMILES string of the molecule is Cc1ccc(CF)c(F)c1. The molecule has 2 heteroatoms. The van der Waals surface area contributed by atoms with Crippen LogP contribution in [0.25, 0.3) is 0 Å². The predicted molar refractivity (Wildman–Crippen MR) is 35.9 cm³/mol. The zero-order valence-electron chi connectivity index (χ0n) is 5.70. The summed E-state index contributed by atoms with van der Waals surface area (Å²) in [5.41, 5.74) is 0.945. The van der Waals surface area contributed by atoms with Gasteiger partial charge < -0.3 is 0 Å². The van der Waals surface area contributed by atoms with E-state index in [1.54, 1.807) is 13.0 Å². The Kier molecular flexibility index (Phi) is 2.00. The summed E-state index contributed by atoms with van der Waals surface area (Å²) < 4.78 is 24.5. The molecule has 0 spiro atoms. The molecule has 0 saturated carbocycles. The summed E-state index contributed by atoms with van der Waals surface area (Å²) in [6.07, 6.45) is 0. The molecule has 0 N–H and O–H groups in total. The lowest BCUT2D eigenvalue weighted by atomic mass is 10.1. The second-order valence-corrected chi connectivity index (χ2v) is 2.23. The minimum atomic E-state index is -0.730. The van der Waals surface area contributed by atoms with Gasteiger partial charge in [0, 0.05) is 5.56 Å². The fourth-order valence-corrected chi connectivity index (χ4v) is 0.761. The maximum Gasteiger partial charge on any atom is 0.129 e. The molecule has 10 heavy (non-hydrogen) atoms. The molecule has 0 aliphatic carbocycles. The molecule has 0 heterocycles. The summed E-state index contributed by atoms with van der Waals surface area (Å²) in [5, 5.41) is 0. The van der Waals surface area contributed by atoms with Gasteiger partial charge in [0.05, 0.1) is 0 Å². The van der Waals surface area contributed by atoms with Crippen molar-refractivity contribution in [2.75, 3.05) is 0 Å². The van der Waals surface area contributed by atoms with Crippen molar-refractivity contribution in [3.8, 4) is 0 Å². The standard InChI is InChI=1S/C8H8F2/c1-6-2-3-7(5-9)8(10)4-6/h2-4H,5H2,1H3. The van der Waals surface area contributed by atoms with Crippen molar-refractivity contribution in [2.45, 2.75) is 13.6 Å². The lowest BCUT2D eigenvalue weighted by Crippen LogP contribution is -1.86. The number of hydrogen-bond acceptors (Lipinski definition) is 0. The Hall–Kier alpha value is -0.920. The van der Waals surface area contributed by atoms with E-state index in [9.17, 15) is 8.78 Å². The number of hydrogen-bond donors (Lipinski definition) is 0. The molecule has 0 nitrogen and oxygen atoms in total. The third-order valence-corrected chi connectivity index (χ3v) is 1.35. The first kappa shape index (κ1) is 7.19. The normalized spacial score (nSPS) is 9.90. The molecule has 0 fully saturated rings. The van der Waals surface area contributed by atoms with E-state index in [4.69, 9.17) is 0 Å². The fourth-order valence-electron chi connectivity index (χ4n) is 0.761. The molecule has 0 atom stereocenters. The van der Waals surface area contributed by atoms with E-state index < -0.39 is 12.5 Å². The van der Waals surface area contributed by atoms with Gasteiger partial charge in [-0.1, -0.05) is 12.1 Å². The van der Waals surface area contributed by atoms with Crippen molar-refractivity contribution in [2.24, 2.45) is 0 Å². The van der Waals surface area contributed by atoms with Gasteiger partial charge in [-0.2, -0.15) is 0 Å². The highest BCUT2D eigenvalue weighted by Crippen LogP contribution is 2.10. The maximum atomic E-state index is 12.6. The highest BCUT2D eigenvalue weighted by molar-refractivity contribution is 5.22. The summed E-state index contributed by atoms with van der Waals surface area (Å²) in [5.74, 6) is -0.456. The number of alkyl halides is 1. The molecule has 0 amide bonds. The van der Waals surface area contributed by atoms with Gasteiger partial charge >= 0.3 is 0 Å². The molecule has 0 aliphatic heterocycles. The van der Waals surface area contributed by atoms with Crippen LogP contribution >= 0.6 is 0 Å². The van der Waals surface area contributed by atoms with Crippen LogP contribution in [0.2, 0.25) is 0 Å². The smallest absolute Gasteiger partial charge is 0.129 e. The average Bonchev–Trinajstić information content (AvgIpc) is 1.88. The highest BCUT2D eigenvalue weighted by Gasteiger charge is 1.99. The van der Waals surface area contributed by atoms with E-state index >= 15 is 0 Å². The molecular formula is C8H8F2. The molecule has 1 rings (SSSR count). The van der Waals surface area contributed by atoms with Crippen LogP contribution in [-0.2, 0) is 6.67 Å². The Bertz CT molecular complexity index is 231. The third kappa shape index (κ3) is 1.32. The van der Waals surface area contributed by atoms with E-state index in [0.717, 1.165) is 5.56 Å². The van der Waals surface area contributed by atoms with E-state index in [-0.39, 0.29) is 5.56 Å². The quantitative estimate of drug-likeness (QED) is 0.565. The Labute approximate surface area is 58.5 Å². The first-order valence-corrected chi connectivity index (χ1v) is 3.05. The molecule has 0 bridgehead atoms. The van der Waals surface area contributed by atoms with Crippen molar-refractivity contribution in [1.82, 2.24) is 0 Å². The second kappa shape index (κ2) is 2.78. The number of halogens is 2. The van der Waals surface area contributed by atoms with Crippen molar-refractivity contribution in [3.05, 3.63) is 35.1 Å². The maximum absolute atomic E-state index is 12.6. The summed E-state index contributed by atoms with van der Waals surface area (Å²) in [6.45, 7) is 1.04. The molecule has 54 valence electrons. The summed E-state index contributed by atoms with van der Waals surface area (Å²) >= 11 is 0. The van der Waals surface area contributed by atoms with Crippen LogP contribution in [-0.4, -0.2) is 0 Å². The van der Waals surface area contributed by atoms with Gasteiger partial charge in [-0.05, 0) is 18.6 Å². The van der Waals surface area contributed by atoms with E-state index in [0.29, 0.717) is 0 Å². The molecule has 0 unspecified atom stereocenters. The Morgan fingerprint density at radius 2 is 2.10 bits per heavy atom. The van der Waals surface area contributed by atoms with E-state index in [1.165, 1.54) is 12.1 Å². The number of rotatable bonds is 1. The monoisotopic (exact) mass is 142 g/mol. The molecular weight excluding hydrogens is 134 g/mol. The number of aryl methyl sites for hydroxylation is 1. The van der Waals surface area contributed by atoms with Crippen LogP contribution in [0.3, 0.4) is 0 Å². The van der Waals surface area contributed by atoms with Gasteiger partial charge in [0.15, 0.2) is 0 Å². The van der Waals surface area contributed by atoms with Crippen LogP contribution < -0.4 is 0 Å². The Morgan fingerprint density at radius 1 is 1.40 bits per heavy atom. The van der Waals surface area contributed by atoms with E-state index in [2.05, 4.69) is 0 Å². The third-order valence-electron chi connectivity index (χ3n) is 1.35. The largest absolute Gasteiger partial charge is 0.246 e. The first-order chi connectivity index (χ1) is 4.74. The van der Waals surface area contributed by atoms with Crippen LogP contribution in [0, 0.1) is 12.7 Å². The van der Waals surface area contributed by atoms with Crippen LogP contribution in [0.5, 0.6) is 0 Å². The summed E-state index contributed by atoms with van der Waals surface area (Å²) in [6, 6.07) is 4.48. The van der Waals surface area contributed by atoms with Gasteiger partial charge in [0.2, 0.25) is 0 Å². The van der Waals surface area contributed by atoms with Crippen molar-refractivity contribution in [1.29, 1.82) is 0 Å². The molecule has 0 saturated heterocycles. The first-order valence-electron chi connectivity index (χ1n) is 3.05. The van der Waals surface area contributed by atoms with Crippen LogP contribution in [0.4, 0.5) is 8.78 Å². The minimum absolute atomic E-state index is 0.130. The molecule has 0 aliphatic rings. The van der Waals surface area contributed by atoms with Crippen LogP contribution in [0.15, 0.2) is 18.2 Å². The Morgan fingerprint density at radius 3 is 2.60 bits per heavy atom. The van der Waals surface area contributed by atoms with Crippen LogP contribution in [0.1, 0.15) is 11.1 Å². The lowest BCUT2D eigenvalue weighted by molar-refractivity contribution is 0.463. The van der Waals surface area contributed by atoms with Gasteiger partial charge in [-0.3, -0.25) is 0 Å². The highest BCUT2D eigenvalue weighted by atomic mass is 19.1. The molecule has 1 aromatic rings. The van der Waals surface area contributed by atoms with Gasteiger partial charge in [-0.15, -0.1) is 0 Å². The lowest BCUT2D eigenvalue weighted by Gasteiger charge is -1.97. The predicted octanol–water partition coefficient (Wildman–Crippen LogP) is 2.60. The Balaban J connectivity index is 3.07. The molecule has 1 aromatic carbocycles. The molecule has 0 radical (unpaired) electrons. The summed E-state index contributed by atoms with van der Waals surface area (Å²) in [7, 11) is 0. The van der Waals surface area contributed by atoms with Crippen molar-refractivity contribution in [3.63, 3.8) is 0 Å². The van der Waals surface area contributed by atoms with Gasteiger partial charge in [0.25, 0.3) is 0 Å². The zero-order chi connectivity index (χ0) is 7.56.